The number of rotatable bonds is 7. The Morgan fingerprint density at radius 2 is 0.815 bits per heavy atom. The van der Waals surface area contributed by atoms with Gasteiger partial charge in [0.05, 0.1) is 0 Å². The molecule has 0 saturated heterocycles. The quantitative estimate of drug-likeness (QED) is 0.155. The van der Waals surface area contributed by atoms with Gasteiger partial charge in [-0.1, -0.05) is 146 Å². The van der Waals surface area contributed by atoms with Gasteiger partial charge in [-0.25, -0.2) is 0 Å². The Kier molecular flexibility index (Phi) is 7.85. The van der Waals surface area contributed by atoms with Gasteiger partial charge in [0, 0.05) is 28.0 Å². The number of hydrogen-bond acceptors (Lipinski definition) is 2. The highest BCUT2D eigenvalue weighted by molar-refractivity contribution is 6.08. The Morgan fingerprint density at radius 1 is 0.278 bits per heavy atom. The molecule has 9 aromatic carbocycles. The second-order valence-corrected chi connectivity index (χ2v) is 13.8. The van der Waals surface area contributed by atoms with Gasteiger partial charge in [0.25, 0.3) is 0 Å². The summed E-state index contributed by atoms with van der Waals surface area (Å²) in [4.78, 5) is 2.35. The third kappa shape index (κ3) is 5.90. The van der Waals surface area contributed by atoms with Crippen LogP contribution in [0.25, 0.3) is 77.2 Å². The van der Waals surface area contributed by atoms with Crippen molar-refractivity contribution in [3.05, 3.63) is 212 Å². The summed E-state index contributed by atoms with van der Waals surface area (Å²) in [5.41, 5.74) is 12.3. The van der Waals surface area contributed by atoms with E-state index in [4.69, 9.17) is 4.42 Å². The number of fused-ring (bicyclic) bond motifs is 4. The fraction of sp³-hybridized carbons (Fsp3) is 0. The Hall–Kier alpha value is -7.16. The first-order valence-corrected chi connectivity index (χ1v) is 18.4. The van der Waals surface area contributed by atoms with Crippen molar-refractivity contribution in [1.29, 1.82) is 0 Å². The van der Waals surface area contributed by atoms with Crippen molar-refractivity contribution in [3.8, 4) is 44.7 Å². The number of furan rings is 1. The maximum Gasteiger partial charge on any atom is 0.135 e. The van der Waals surface area contributed by atoms with Crippen LogP contribution in [0.3, 0.4) is 0 Å². The normalized spacial score (nSPS) is 11.3. The van der Waals surface area contributed by atoms with Crippen LogP contribution in [0.1, 0.15) is 0 Å². The molecule has 1 aromatic heterocycles. The molecule has 54 heavy (non-hydrogen) atoms. The molecule has 0 spiro atoms. The van der Waals surface area contributed by atoms with Crippen molar-refractivity contribution in [3.63, 3.8) is 0 Å². The molecule has 0 saturated carbocycles. The summed E-state index contributed by atoms with van der Waals surface area (Å²) < 4.78 is 6.33. The van der Waals surface area contributed by atoms with Gasteiger partial charge in [-0.15, -0.1) is 0 Å². The summed E-state index contributed by atoms with van der Waals surface area (Å²) in [6, 6.07) is 76.0. The molecule has 1 heterocycles. The average Bonchev–Trinajstić information content (AvgIpc) is 3.69. The maximum absolute atomic E-state index is 6.33. The molecule has 0 fully saturated rings. The van der Waals surface area contributed by atoms with E-state index in [0.717, 1.165) is 44.9 Å². The molecule has 10 rings (SSSR count). The van der Waals surface area contributed by atoms with Gasteiger partial charge in [-0.05, 0) is 122 Å². The summed E-state index contributed by atoms with van der Waals surface area (Å²) in [7, 11) is 0. The van der Waals surface area contributed by atoms with Crippen LogP contribution in [0.2, 0.25) is 0 Å². The fourth-order valence-corrected chi connectivity index (χ4v) is 7.70. The maximum atomic E-state index is 6.33. The van der Waals surface area contributed by atoms with Crippen molar-refractivity contribution in [2.45, 2.75) is 0 Å². The zero-order chi connectivity index (χ0) is 35.8. The van der Waals surface area contributed by atoms with E-state index in [2.05, 4.69) is 199 Å². The van der Waals surface area contributed by atoms with Crippen LogP contribution in [0.5, 0.6) is 0 Å². The number of benzene rings is 9. The standard InChI is InChI=1S/C52H35NO/c1-3-12-36(13-4-1)43-30-44(37-14-5-2-6-15-37)32-45(31-43)38-24-26-46(27-25-38)53(48-28-29-50-40(33-48)23-22-39-16-7-9-20-49(39)50)47-19-11-18-41(34-47)52-35-42-17-8-10-21-51(42)54-52/h1-35H. The van der Waals surface area contributed by atoms with E-state index in [0.29, 0.717) is 0 Å². The van der Waals surface area contributed by atoms with Crippen molar-refractivity contribution >= 4 is 49.6 Å². The molecule has 0 aliphatic carbocycles. The summed E-state index contributed by atoms with van der Waals surface area (Å²) in [5, 5.41) is 6.05. The monoisotopic (exact) mass is 689 g/mol. The predicted molar refractivity (Wildman–Crippen MR) is 228 cm³/mol. The topological polar surface area (TPSA) is 16.4 Å². The van der Waals surface area contributed by atoms with E-state index in [1.54, 1.807) is 0 Å². The average molecular weight is 690 g/mol. The number of anilines is 3. The number of nitrogens with zero attached hydrogens (tertiary/aromatic N) is 1. The van der Waals surface area contributed by atoms with Crippen LogP contribution in [-0.4, -0.2) is 0 Å². The predicted octanol–water partition coefficient (Wildman–Crippen LogP) is 14.9. The Balaban J connectivity index is 1.10. The minimum absolute atomic E-state index is 0.853. The van der Waals surface area contributed by atoms with Crippen LogP contribution < -0.4 is 4.90 Å². The van der Waals surface area contributed by atoms with Crippen LogP contribution >= 0.6 is 0 Å². The molecule has 0 atom stereocenters. The zero-order valence-corrected chi connectivity index (χ0v) is 29.6. The summed E-state index contributed by atoms with van der Waals surface area (Å²) in [5.74, 6) is 0.853. The molecule has 0 aliphatic rings. The Morgan fingerprint density at radius 3 is 1.52 bits per heavy atom. The van der Waals surface area contributed by atoms with Gasteiger partial charge >= 0.3 is 0 Å². The van der Waals surface area contributed by atoms with Gasteiger partial charge in [-0.2, -0.15) is 0 Å². The lowest BCUT2D eigenvalue weighted by Gasteiger charge is -2.26. The molecule has 0 unspecified atom stereocenters. The van der Waals surface area contributed by atoms with Crippen molar-refractivity contribution in [2.24, 2.45) is 0 Å². The molecule has 2 heteroatoms. The largest absolute Gasteiger partial charge is 0.456 e. The minimum atomic E-state index is 0.853. The van der Waals surface area contributed by atoms with Gasteiger partial charge in [0.15, 0.2) is 0 Å². The highest BCUT2D eigenvalue weighted by Crippen LogP contribution is 2.41. The van der Waals surface area contributed by atoms with E-state index in [1.807, 2.05) is 18.2 Å². The third-order valence-corrected chi connectivity index (χ3v) is 10.4. The number of hydrogen-bond donors (Lipinski definition) is 0. The summed E-state index contributed by atoms with van der Waals surface area (Å²) >= 11 is 0. The first kappa shape index (κ1) is 31.6. The highest BCUT2D eigenvalue weighted by atomic mass is 16.3. The Bertz CT molecular complexity index is 2830. The molecule has 0 aliphatic heterocycles. The fourth-order valence-electron chi connectivity index (χ4n) is 7.70. The molecule has 0 radical (unpaired) electrons. The molecular formula is C52H35NO. The molecule has 0 amide bonds. The molecule has 0 N–H and O–H groups in total. The molecular weight excluding hydrogens is 655 g/mol. The van der Waals surface area contributed by atoms with Crippen LogP contribution in [0.15, 0.2) is 217 Å². The second kappa shape index (κ2) is 13.4. The minimum Gasteiger partial charge on any atom is -0.456 e. The van der Waals surface area contributed by atoms with E-state index in [9.17, 15) is 0 Å². The van der Waals surface area contributed by atoms with Gasteiger partial charge in [-0.3, -0.25) is 0 Å². The lowest BCUT2D eigenvalue weighted by atomic mass is 9.93. The van der Waals surface area contributed by atoms with Gasteiger partial charge < -0.3 is 9.32 Å². The number of para-hydroxylation sites is 1. The van der Waals surface area contributed by atoms with E-state index < -0.39 is 0 Å². The van der Waals surface area contributed by atoms with Gasteiger partial charge in [0.1, 0.15) is 11.3 Å². The van der Waals surface area contributed by atoms with Crippen molar-refractivity contribution in [1.82, 2.24) is 0 Å². The molecule has 10 aromatic rings. The van der Waals surface area contributed by atoms with Crippen LogP contribution in [-0.2, 0) is 0 Å². The molecule has 2 nitrogen and oxygen atoms in total. The zero-order valence-electron chi connectivity index (χ0n) is 29.6. The smallest absolute Gasteiger partial charge is 0.135 e. The summed E-state index contributed by atoms with van der Waals surface area (Å²) in [6.45, 7) is 0. The SMILES string of the molecule is c1ccc(-c2cc(-c3ccccc3)cc(-c3ccc(N(c4cccc(-c5cc6ccccc6o5)c4)c4ccc5c(ccc6ccccc65)c4)cc3)c2)cc1. The third-order valence-electron chi connectivity index (χ3n) is 10.4. The first-order chi connectivity index (χ1) is 26.7. The van der Waals surface area contributed by atoms with E-state index in [-0.39, 0.29) is 0 Å². The molecule has 254 valence electrons. The highest BCUT2D eigenvalue weighted by Gasteiger charge is 2.17. The van der Waals surface area contributed by atoms with Crippen molar-refractivity contribution in [2.75, 3.05) is 4.90 Å². The summed E-state index contributed by atoms with van der Waals surface area (Å²) in [6.07, 6.45) is 0. The van der Waals surface area contributed by atoms with E-state index >= 15 is 0 Å². The van der Waals surface area contributed by atoms with Crippen LogP contribution in [0.4, 0.5) is 17.1 Å². The van der Waals surface area contributed by atoms with Crippen molar-refractivity contribution < 1.29 is 4.42 Å². The first-order valence-electron chi connectivity index (χ1n) is 18.4. The molecule has 0 bridgehead atoms. The second-order valence-electron chi connectivity index (χ2n) is 13.8. The van der Waals surface area contributed by atoms with Crippen LogP contribution in [0, 0.1) is 0 Å². The lowest BCUT2D eigenvalue weighted by Crippen LogP contribution is -2.10. The lowest BCUT2D eigenvalue weighted by molar-refractivity contribution is 0.631. The van der Waals surface area contributed by atoms with Gasteiger partial charge in [0.2, 0.25) is 0 Å². The Labute approximate surface area is 314 Å². The van der Waals surface area contributed by atoms with E-state index in [1.165, 1.54) is 49.4 Å².